The number of rotatable bonds is 6. The van der Waals surface area contributed by atoms with Crippen LogP contribution in [0.2, 0.25) is 0 Å². The number of benzene rings is 2. The number of hydrogen-bond acceptors (Lipinski definition) is 3. The molecule has 0 unspecified atom stereocenters. The van der Waals surface area contributed by atoms with Gasteiger partial charge in [0.05, 0.1) is 12.0 Å². The van der Waals surface area contributed by atoms with Crippen LogP contribution in [0.3, 0.4) is 0 Å². The number of halogens is 4. The molecule has 0 atom stereocenters. The predicted octanol–water partition coefficient (Wildman–Crippen LogP) is 5.89. The maximum absolute atomic E-state index is 13.9. The van der Waals surface area contributed by atoms with E-state index in [2.05, 4.69) is 0 Å². The van der Waals surface area contributed by atoms with Gasteiger partial charge >= 0.3 is 12.1 Å². The van der Waals surface area contributed by atoms with Crippen molar-refractivity contribution in [3.05, 3.63) is 81.9 Å². The first kappa shape index (κ1) is 22.4. The largest absolute Gasteiger partial charge is 0.486 e. The fourth-order valence-corrected chi connectivity index (χ4v) is 3.18. The Hall–Kier alpha value is -3.29. The van der Waals surface area contributed by atoms with Gasteiger partial charge in [0, 0.05) is 5.56 Å². The number of aryl methyl sites for hydroxylation is 1. The molecule has 2 aromatic rings. The molecule has 31 heavy (non-hydrogen) atoms. The summed E-state index contributed by atoms with van der Waals surface area (Å²) in [4.78, 5) is 10.9. The van der Waals surface area contributed by atoms with E-state index in [0.29, 0.717) is 29.6 Å². The van der Waals surface area contributed by atoms with E-state index in [4.69, 9.17) is 14.6 Å². The van der Waals surface area contributed by atoms with Crippen LogP contribution in [0.15, 0.2) is 53.8 Å². The summed E-state index contributed by atoms with van der Waals surface area (Å²) in [5.74, 6) is -1.16. The van der Waals surface area contributed by atoms with Gasteiger partial charge in [-0.2, -0.15) is 13.2 Å². The van der Waals surface area contributed by atoms with E-state index in [-0.39, 0.29) is 24.4 Å². The molecule has 0 radical (unpaired) electrons. The van der Waals surface area contributed by atoms with Gasteiger partial charge in [-0.05, 0) is 67.3 Å². The Morgan fingerprint density at radius 2 is 1.90 bits per heavy atom. The summed E-state index contributed by atoms with van der Waals surface area (Å²) in [6.45, 7) is 3.67. The lowest BCUT2D eigenvalue weighted by atomic mass is 10.0. The minimum absolute atomic E-state index is 0.0300. The third kappa shape index (κ3) is 5.65. The first-order valence-electron chi connectivity index (χ1n) is 9.42. The summed E-state index contributed by atoms with van der Waals surface area (Å²) in [7, 11) is 0. The highest BCUT2D eigenvalue weighted by atomic mass is 19.4. The smallest absolute Gasteiger partial charge is 0.419 e. The van der Waals surface area contributed by atoms with E-state index in [1.807, 2.05) is 13.8 Å². The zero-order valence-electron chi connectivity index (χ0n) is 16.8. The van der Waals surface area contributed by atoms with E-state index in [1.54, 1.807) is 24.3 Å². The maximum Gasteiger partial charge on any atom is 0.419 e. The number of alkyl halides is 3. The highest BCUT2D eigenvalue weighted by Gasteiger charge is 2.34. The van der Waals surface area contributed by atoms with Gasteiger partial charge < -0.3 is 14.6 Å². The molecule has 164 valence electrons. The molecular formula is C23H20F4O4. The lowest BCUT2D eigenvalue weighted by Crippen LogP contribution is -2.12. The molecule has 1 aliphatic rings. The van der Waals surface area contributed by atoms with Crippen LogP contribution in [0.1, 0.15) is 35.6 Å². The van der Waals surface area contributed by atoms with Crippen molar-refractivity contribution in [1.82, 2.24) is 0 Å². The van der Waals surface area contributed by atoms with Crippen molar-refractivity contribution in [2.75, 3.05) is 6.61 Å². The van der Waals surface area contributed by atoms with Gasteiger partial charge in [0.2, 0.25) is 0 Å². The Labute approximate surface area is 176 Å². The minimum atomic E-state index is -4.77. The molecule has 0 saturated carbocycles. The third-order valence-electron chi connectivity index (χ3n) is 4.70. The van der Waals surface area contributed by atoms with E-state index < -0.39 is 23.5 Å². The van der Waals surface area contributed by atoms with E-state index >= 15 is 0 Å². The number of allylic oxidation sites excluding steroid dienone is 2. The van der Waals surface area contributed by atoms with Crippen LogP contribution < -0.4 is 4.74 Å². The summed E-state index contributed by atoms with van der Waals surface area (Å²) >= 11 is 0. The van der Waals surface area contributed by atoms with Crippen molar-refractivity contribution in [3.8, 4) is 5.75 Å². The minimum Gasteiger partial charge on any atom is -0.486 e. The topological polar surface area (TPSA) is 55.8 Å². The third-order valence-corrected chi connectivity index (χ3v) is 4.70. The number of carboxylic acids is 1. The normalized spacial score (nSPS) is 14.2. The fourth-order valence-electron chi connectivity index (χ4n) is 3.18. The van der Waals surface area contributed by atoms with Gasteiger partial charge in [-0.1, -0.05) is 12.1 Å². The molecule has 8 heteroatoms. The van der Waals surface area contributed by atoms with Crippen LogP contribution in [0.4, 0.5) is 17.6 Å². The van der Waals surface area contributed by atoms with E-state index in [0.717, 1.165) is 23.3 Å². The Morgan fingerprint density at radius 1 is 1.16 bits per heavy atom. The number of aliphatic carboxylic acids is 1. The first-order valence-corrected chi connectivity index (χ1v) is 9.42. The zero-order valence-corrected chi connectivity index (χ0v) is 16.8. The van der Waals surface area contributed by atoms with Crippen molar-refractivity contribution in [1.29, 1.82) is 0 Å². The standard InChI is InChI=1S/C23H20F4O4/c1-13-7-15(10-22(28)29)9-17(8-13)30-12-21-14(2)3-6-20(31-21)16-4-5-18(19(24)11-16)23(25,26)27/h4-9,11H,3,10,12H2,1-2H3,(H,28,29). The monoisotopic (exact) mass is 436 g/mol. The van der Waals surface area contributed by atoms with Crippen LogP contribution in [-0.4, -0.2) is 17.7 Å². The molecule has 0 saturated heterocycles. The second-order valence-corrected chi connectivity index (χ2v) is 7.28. The van der Waals surface area contributed by atoms with Gasteiger partial charge in [-0.3, -0.25) is 4.79 Å². The second-order valence-electron chi connectivity index (χ2n) is 7.28. The number of carboxylic acid groups (broad SMARTS) is 1. The highest BCUT2D eigenvalue weighted by Crippen LogP contribution is 2.34. The average Bonchev–Trinajstić information content (AvgIpc) is 2.65. The Bertz CT molecular complexity index is 1070. The van der Waals surface area contributed by atoms with Crippen molar-refractivity contribution >= 4 is 11.7 Å². The van der Waals surface area contributed by atoms with Crippen LogP contribution in [0.5, 0.6) is 5.75 Å². The molecule has 0 aromatic heterocycles. The predicted molar refractivity (Wildman–Crippen MR) is 106 cm³/mol. The molecule has 0 spiro atoms. The Balaban J connectivity index is 1.73. The van der Waals surface area contributed by atoms with E-state index in [9.17, 15) is 22.4 Å². The molecule has 2 aromatic carbocycles. The molecule has 1 aliphatic heterocycles. The second kappa shape index (κ2) is 8.83. The van der Waals surface area contributed by atoms with Gasteiger partial charge in [0.15, 0.2) is 0 Å². The van der Waals surface area contributed by atoms with Gasteiger partial charge in [-0.25, -0.2) is 4.39 Å². The molecule has 0 aliphatic carbocycles. The Morgan fingerprint density at radius 3 is 2.55 bits per heavy atom. The number of ether oxygens (including phenoxy) is 2. The summed E-state index contributed by atoms with van der Waals surface area (Å²) in [5.41, 5.74) is 1.15. The number of hydrogen-bond donors (Lipinski definition) is 1. The summed E-state index contributed by atoms with van der Waals surface area (Å²) in [6, 6.07) is 7.78. The summed E-state index contributed by atoms with van der Waals surface area (Å²) in [6.07, 6.45) is -2.77. The molecule has 3 rings (SSSR count). The molecule has 1 N–H and O–H groups in total. The summed E-state index contributed by atoms with van der Waals surface area (Å²) in [5, 5.41) is 8.97. The van der Waals surface area contributed by atoms with E-state index in [1.165, 1.54) is 0 Å². The quantitative estimate of drug-likeness (QED) is 0.574. The van der Waals surface area contributed by atoms with Crippen LogP contribution in [0, 0.1) is 12.7 Å². The van der Waals surface area contributed by atoms with Crippen LogP contribution >= 0.6 is 0 Å². The van der Waals surface area contributed by atoms with Crippen LogP contribution in [-0.2, 0) is 22.1 Å². The lowest BCUT2D eigenvalue weighted by Gasteiger charge is -2.21. The maximum atomic E-state index is 13.9. The average molecular weight is 436 g/mol. The molecule has 0 fully saturated rings. The molecule has 4 nitrogen and oxygen atoms in total. The first-order chi connectivity index (χ1) is 14.5. The lowest BCUT2D eigenvalue weighted by molar-refractivity contribution is -0.140. The SMILES string of the molecule is CC1=C(COc2cc(C)cc(CC(=O)O)c2)OC(c2ccc(C(F)(F)F)c(F)c2)=CC1. The molecular weight excluding hydrogens is 416 g/mol. The van der Waals surface area contributed by atoms with Crippen LogP contribution in [0.25, 0.3) is 5.76 Å². The molecule has 1 heterocycles. The Kier molecular flexibility index (Phi) is 6.38. The van der Waals surface area contributed by atoms with Crippen molar-refractivity contribution in [2.24, 2.45) is 0 Å². The highest BCUT2D eigenvalue weighted by molar-refractivity contribution is 5.70. The zero-order chi connectivity index (χ0) is 22.8. The van der Waals surface area contributed by atoms with Crippen molar-refractivity contribution in [3.63, 3.8) is 0 Å². The van der Waals surface area contributed by atoms with Crippen molar-refractivity contribution < 1.29 is 36.9 Å². The number of carbonyl (C=O) groups is 1. The van der Waals surface area contributed by atoms with Gasteiger partial charge in [0.1, 0.15) is 29.7 Å². The molecule has 0 amide bonds. The van der Waals surface area contributed by atoms with Crippen molar-refractivity contribution in [2.45, 2.75) is 32.9 Å². The van der Waals surface area contributed by atoms with Gasteiger partial charge in [0.25, 0.3) is 0 Å². The summed E-state index contributed by atoms with van der Waals surface area (Å²) < 4.78 is 63.8. The van der Waals surface area contributed by atoms with Gasteiger partial charge in [-0.15, -0.1) is 0 Å². The fraction of sp³-hybridized carbons (Fsp3) is 0.261. The molecule has 0 bridgehead atoms.